The van der Waals surface area contributed by atoms with E-state index in [0.29, 0.717) is 23.1 Å². The Bertz CT molecular complexity index is 798. The number of hydrogen-bond acceptors (Lipinski definition) is 4. The maximum atomic E-state index is 12.4. The highest BCUT2D eigenvalue weighted by Crippen LogP contribution is 2.37. The molecule has 0 saturated carbocycles. The fraction of sp³-hybridized carbons (Fsp3) is 0.350. The number of aryl methyl sites for hydroxylation is 1. The Hall–Kier alpha value is -1.98. The van der Waals surface area contributed by atoms with Crippen LogP contribution in [0.4, 0.5) is 0 Å². The van der Waals surface area contributed by atoms with E-state index in [4.69, 9.17) is 21.1 Å². The number of ether oxygens (including phenoxy) is 2. The van der Waals surface area contributed by atoms with E-state index < -0.39 is 0 Å². The standard InChI is InChI=1S/C20H24ClNO3S/c1-13(2)25-20-16(21)10-15(11-17(20)24-5)6-7-19(23)22(4)12-18-14(3)8-9-26-18/h6-11,13H,12H2,1-5H3/b7-6+. The van der Waals surface area contributed by atoms with Gasteiger partial charge in [0.1, 0.15) is 0 Å². The number of likely N-dealkylation sites (N-methyl/N-ethyl adjacent to an activating group) is 1. The number of nitrogens with zero attached hydrogens (tertiary/aromatic N) is 1. The van der Waals surface area contributed by atoms with Crippen LogP contribution in [0.1, 0.15) is 29.9 Å². The van der Waals surface area contributed by atoms with Crippen LogP contribution in [0, 0.1) is 6.92 Å². The van der Waals surface area contributed by atoms with Crippen molar-refractivity contribution in [1.82, 2.24) is 4.90 Å². The second kappa shape index (κ2) is 9.10. The largest absolute Gasteiger partial charge is 0.493 e. The van der Waals surface area contributed by atoms with Crippen molar-refractivity contribution >= 4 is 34.9 Å². The monoisotopic (exact) mass is 393 g/mol. The molecule has 2 rings (SSSR count). The summed E-state index contributed by atoms with van der Waals surface area (Å²) in [4.78, 5) is 15.2. The highest BCUT2D eigenvalue weighted by molar-refractivity contribution is 7.10. The minimum absolute atomic E-state index is 0.0151. The van der Waals surface area contributed by atoms with Crippen molar-refractivity contribution in [2.75, 3.05) is 14.2 Å². The minimum atomic E-state index is -0.0737. The lowest BCUT2D eigenvalue weighted by Crippen LogP contribution is -2.23. The zero-order valence-electron chi connectivity index (χ0n) is 15.7. The molecule has 4 nitrogen and oxygen atoms in total. The van der Waals surface area contributed by atoms with Gasteiger partial charge in [-0.15, -0.1) is 11.3 Å². The van der Waals surface area contributed by atoms with Crippen LogP contribution in [-0.2, 0) is 11.3 Å². The van der Waals surface area contributed by atoms with E-state index >= 15 is 0 Å². The van der Waals surface area contributed by atoms with Gasteiger partial charge < -0.3 is 14.4 Å². The number of amides is 1. The van der Waals surface area contributed by atoms with Crippen LogP contribution in [0.2, 0.25) is 5.02 Å². The van der Waals surface area contributed by atoms with E-state index in [1.165, 1.54) is 16.5 Å². The third-order valence-electron chi connectivity index (χ3n) is 3.75. The number of thiophene rings is 1. The molecule has 0 atom stereocenters. The first-order valence-electron chi connectivity index (χ1n) is 8.32. The molecular formula is C20H24ClNO3S. The summed E-state index contributed by atoms with van der Waals surface area (Å²) in [6.45, 7) is 6.49. The minimum Gasteiger partial charge on any atom is -0.493 e. The molecular weight excluding hydrogens is 370 g/mol. The van der Waals surface area contributed by atoms with E-state index in [1.54, 1.807) is 48.6 Å². The van der Waals surface area contributed by atoms with E-state index in [9.17, 15) is 4.79 Å². The molecule has 6 heteroatoms. The molecule has 0 aliphatic rings. The molecule has 0 aliphatic heterocycles. The summed E-state index contributed by atoms with van der Waals surface area (Å²) in [7, 11) is 3.35. The van der Waals surface area contributed by atoms with Crippen molar-refractivity contribution in [3.05, 3.63) is 50.7 Å². The van der Waals surface area contributed by atoms with Crippen molar-refractivity contribution in [1.29, 1.82) is 0 Å². The van der Waals surface area contributed by atoms with Crippen molar-refractivity contribution in [3.63, 3.8) is 0 Å². The predicted octanol–water partition coefficient (Wildman–Crippen LogP) is 5.18. The summed E-state index contributed by atoms with van der Waals surface area (Å²) < 4.78 is 11.1. The molecule has 0 saturated heterocycles. The third-order valence-corrected chi connectivity index (χ3v) is 5.04. The van der Waals surface area contributed by atoms with Gasteiger partial charge in [-0.3, -0.25) is 4.79 Å². The van der Waals surface area contributed by atoms with Crippen LogP contribution in [-0.4, -0.2) is 31.1 Å². The molecule has 1 aromatic heterocycles. The molecule has 140 valence electrons. The molecule has 1 aromatic carbocycles. The average molecular weight is 394 g/mol. The van der Waals surface area contributed by atoms with Crippen molar-refractivity contribution in [2.45, 2.75) is 33.4 Å². The van der Waals surface area contributed by atoms with Crippen LogP contribution in [0.15, 0.2) is 29.7 Å². The normalized spacial score (nSPS) is 11.2. The van der Waals surface area contributed by atoms with Gasteiger partial charge in [-0.25, -0.2) is 0 Å². The van der Waals surface area contributed by atoms with Crippen LogP contribution in [0.3, 0.4) is 0 Å². The SMILES string of the molecule is COc1cc(/C=C/C(=O)N(C)Cc2sccc2C)cc(Cl)c1OC(C)C. The molecule has 0 N–H and O–H groups in total. The third kappa shape index (κ3) is 5.26. The van der Waals surface area contributed by atoms with Gasteiger partial charge in [0, 0.05) is 18.0 Å². The molecule has 1 heterocycles. The van der Waals surface area contributed by atoms with Crippen molar-refractivity contribution in [2.24, 2.45) is 0 Å². The Kier molecular flexibility index (Phi) is 7.12. The van der Waals surface area contributed by atoms with E-state index in [2.05, 4.69) is 13.0 Å². The molecule has 26 heavy (non-hydrogen) atoms. The van der Waals surface area contributed by atoms with Gasteiger partial charge >= 0.3 is 0 Å². The lowest BCUT2D eigenvalue weighted by molar-refractivity contribution is -0.125. The van der Waals surface area contributed by atoms with Crippen LogP contribution in [0.5, 0.6) is 11.5 Å². The fourth-order valence-electron chi connectivity index (χ4n) is 2.34. The Morgan fingerprint density at radius 3 is 2.69 bits per heavy atom. The molecule has 0 spiro atoms. The lowest BCUT2D eigenvalue weighted by Gasteiger charge is -2.16. The highest BCUT2D eigenvalue weighted by Gasteiger charge is 2.13. The quantitative estimate of drug-likeness (QED) is 0.608. The van der Waals surface area contributed by atoms with Gasteiger partial charge in [0.05, 0.1) is 24.8 Å². The fourth-order valence-corrected chi connectivity index (χ4v) is 3.56. The Labute approximate surface area is 164 Å². The number of rotatable bonds is 7. The summed E-state index contributed by atoms with van der Waals surface area (Å²) in [5.74, 6) is 0.981. The van der Waals surface area contributed by atoms with Crippen LogP contribution in [0.25, 0.3) is 6.08 Å². The molecule has 1 amide bonds. The zero-order chi connectivity index (χ0) is 19.3. The summed E-state index contributed by atoms with van der Waals surface area (Å²) in [5, 5.41) is 2.49. The smallest absolute Gasteiger partial charge is 0.246 e. The number of methoxy groups -OCH3 is 1. The lowest BCUT2D eigenvalue weighted by atomic mass is 10.1. The second-order valence-corrected chi connectivity index (χ2v) is 7.66. The van der Waals surface area contributed by atoms with Crippen LogP contribution >= 0.6 is 22.9 Å². The Balaban J connectivity index is 2.12. The second-order valence-electron chi connectivity index (χ2n) is 6.26. The topological polar surface area (TPSA) is 38.8 Å². The van der Waals surface area contributed by atoms with Gasteiger partial charge in [-0.1, -0.05) is 11.6 Å². The Morgan fingerprint density at radius 2 is 2.12 bits per heavy atom. The summed E-state index contributed by atoms with van der Waals surface area (Å²) in [5.41, 5.74) is 1.98. The number of halogens is 1. The van der Waals surface area contributed by atoms with Crippen LogP contribution < -0.4 is 9.47 Å². The predicted molar refractivity (Wildman–Crippen MR) is 108 cm³/mol. The first kappa shape index (κ1) is 20.3. The molecule has 0 aliphatic carbocycles. The Morgan fingerprint density at radius 1 is 1.38 bits per heavy atom. The maximum absolute atomic E-state index is 12.4. The van der Waals surface area contributed by atoms with Gasteiger partial charge in [-0.05, 0) is 61.6 Å². The van der Waals surface area contributed by atoms with Crippen molar-refractivity contribution in [3.8, 4) is 11.5 Å². The maximum Gasteiger partial charge on any atom is 0.246 e. The molecule has 0 radical (unpaired) electrons. The van der Waals surface area contributed by atoms with Gasteiger partial charge in [-0.2, -0.15) is 0 Å². The van der Waals surface area contributed by atoms with Gasteiger partial charge in [0.2, 0.25) is 5.91 Å². The molecule has 0 bridgehead atoms. The summed E-state index contributed by atoms with van der Waals surface area (Å²) in [6.07, 6.45) is 3.25. The van der Waals surface area contributed by atoms with Gasteiger partial charge in [0.15, 0.2) is 11.5 Å². The van der Waals surface area contributed by atoms with E-state index in [0.717, 1.165) is 5.56 Å². The number of carbonyl (C=O) groups excluding carboxylic acids is 1. The first-order chi connectivity index (χ1) is 12.3. The summed E-state index contributed by atoms with van der Waals surface area (Å²) in [6, 6.07) is 5.62. The highest BCUT2D eigenvalue weighted by atomic mass is 35.5. The molecule has 0 unspecified atom stereocenters. The zero-order valence-corrected chi connectivity index (χ0v) is 17.3. The van der Waals surface area contributed by atoms with Crippen molar-refractivity contribution < 1.29 is 14.3 Å². The van der Waals surface area contributed by atoms with E-state index in [-0.39, 0.29) is 12.0 Å². The number of hydrogen-bond donors (Lipinski definition) is 0. The molecule has 2 aromatic rings. The van der Waals surface area contributed by atoms with E-state index in [1.807, 2.05) is 19.2 Å². The number of benzene rings is 1. The average Bonchev–Trinajstić information content (AvgIpc) is 2.99. The van der Waals surface area contributed by atoms with Gasteiger partial charge in [0.25, 0.3) is 0 Å². The number of carbonyl (C=O) groups is 1. The first-order valence-corrected chi connectivity index (χ1v) is 9.58. The molecule has 0 fully saturated rings. The summed E-state index contributed by atoms with van der Waals surface area (Å²) >= 11 is 7.97.